The van der Waals surface area contributed by atoms with Gasteiger partial charge in [-0.05, 0) is 123 Å². The Hall–Kier alpha value is -2.31. The lowest BCUT2D eigenvalue weighted by molar-refractivity contribution is -0.140. The van der Waals surface area contributed by atoms with Crippen molar-refractivity contribution in [3.8, 4) is 16.9 Å². The van der Waals surface area contributed by atoms with E-state index in [9.17, 15) is 9.90 Å². The number of pyridine rings is 1. The van der Waals surface area contributed by atoms with Gasteiger partial charge in [0, 0.05) is 66.2 Å². The average molecular weight is 727 g/mol. The summed E-state index contributed by atoms with van der Waals surface area (Å²) in [7, 11) is 0. The van der Waals surface area contributed by atoms with Gasteiger partial charge in [0.15, 0.2) is 0 Å². The van der Waals surface area contributed by atoms with Crippen LogP contribution in [0.1, 0.15) is 75.3 Å². The molecule has 3 aromatic rings. The first-order valence-electron chi connectivity index (χ1n) is 17.6. The molecule has 8 nitrogen and oxygen atoms in total. The number of benzene rings is 2. The fourth-order valence-corrected chi connectivity index (χ4v) is 7.47. The molecule has 2 saturated carbocycles. The highest BCUT2D eigenvalue weighted by molar-refractivity contribution is 7.99. The third-order valence-electron chi connectivity index (χ3n) is 9.14. The Labute approximate surface area is 305 Å². The van der Waals surface area contributed by atoms with Crippen LogP contribution in [-0.2, 0) is 16.9 Å². The van der Waals surface area contributed by atoms with Crippen LogP contribution in [0.25, 0.3) is 11.1 Å². The van der Waals surface area contributed by atoms with Gasteiger partial charge in [0.05, 0.1) is 6.10 Å². The third-order valence-corrected chi connectivity index (χ3v) is 11.1. The second kappa shape index (κ2) is 19.3. The molecule has 49 heavy (non-hydrogen) atoms. The maximum absolute atomic E-state index is 13.1. The number of hydrogen-bond acceptors (Lipinski definition) is 9. The molecule has 266 valence electrons. The van der Waals surface area contributed by atoms with Gasteiger partial charge in [0.2, 0.25) is 0 Å². The Morgan fingerprint density at radius 3 is 2.67 bits per heavy atom. The number of aliphatic hydroxyl groups is 2. The minimum absolute atomic E-state index is 0.0737. The summed E-state index contributed by atoms with van der Waals surface area (Å²) in [5, 5.41) is 24.2. The number of nitrogens with zero attached hydrogens (tertiary/aromatic N) is 2. The lowest BCUT2D eigenvalue weighted by atomic mass is 9.94. The van der Waals surface area contributed by atoms with Gasteiger partial charge in [-0.15, -0.1) is 11.8 Å². The van der Waals surface area contributed by atoms with E-state index in [1.807, 2.05) is 35.7 Å². The minimum Gasteiger partial charge on any atom is -0.490 e. The molecule has 0 saturated heterocycles. The first-order chi connectivity index (χ1) is 23.9. The monoisotopic (exact) mass is 726 g/mol. The van der Waals surface area contributed by atoms with Gasteiger partial charge in [-0.2, -0.15) is 0 Å². The predicted molar refractivity (Wildman–Crippen MR) is 202 cm³/mol. The molecule has 1 amide bonds. The maximum Gasteiger partial charge on any atom is 0.251 e. The summed E-state index contributed by atoms with van der Waals surface area (Å²) in [5.41, 5.74) is 4.37. The molecule has 11 heteroatoms. The number of thioether (sulfide) groups is 1. The van der Waals surface area contributed by atoms with E-state index in [1.165, 1.54) is 5.56 Å². The van der Waals surface area contributed by atoms with Crippen molar-refractivity contribution >= 4 is 41.2 Å². The molecule has 5 rings (SSSR count). The third kappa shape index (κ3) is 11.3. The van der Waals surface area contributed by atoms with Gasteiger partial charge in [-0.1, -0.05) is 41.7 Å². The van der Waals surface area contributed by atoms with Crippen LogP contribution in [-0.4, -0.2) is 76.5 Å². The van der Waals surface area contributed by atoms with E-state index in [1.54, 1.807) is 23.7 Å². The largest absolute Gasteiger partial charge is 0.490 e. The van der Waals surface area contributed by atoms with Gasteiger partial charge < -0.3 is 25.2 Å². The van der Waals surface area contributed by atoms with Crippen molar-refractivity contribution in [3.05, 3.63) is 77.1 Å². The van der Waals surface area contributed by atoms with Gasteiger partial charge in [0.1, 0.15) is 11.9 Å². The second-order valence-electron chi connectivity index (χ2n) is 13.0. The molecule has 0 aliphatic heterocycles. The summed E-state index contributed by atoms with van der Waals surface area (Å²) in [6.07, 6.45) is 13.7. The number of para-hydroxylation sites is 1. The second-order valence-corrected chi connectivity index (χ2v) is 15.3. The molecule has 2 fully saturated rings. The number of aromatic nitrogens is 1. The van der Waals surface area contributed by atoms with E-state index >= 15 is 0 Å². The highest BCUT2D eigenvalue weighted by Gasteiger charge is 2.46. The Kier molecular flexibility index (Phi) is 15.0. The van der Waals surface area contributed by atoms with E-state index in [0.29, 0.717) is 45.0 Å². The van der Waals surface area contributed by atoms with Crippen LogP contribution in [0.5, 0.6) is 5.75 Å². The summed E-state index contributed by atoms with van der Waals surface area (Å²) in [5.74, 6) is 1.58. The number of carbonyl (C=O) groups excluding carboxylic acids is 1. The number of carbonyl (C=O) groups is 1. The Morgan fingerprint density at radius 2 is 1.90 bits per heavy atom. The van der Waals surface area contributed by atoms with Crippen LogP contribution >= 0.6 is 35.3 Å². The summed E-state index contributed by atoms with van der Waals surface area (Å²) >= 11 is 10.1. The van der Waals surface area contributed by atoms with Crippen molar-refractivity contribution in [1.82, 2.24) is 19.9 Å². The first-order valence-corrected chi connectivity index (χ1v) is 20.2. The van der Waals surface area contributed by atoms with E-state index in [-0.39, 0.29) is 18.1 Å². The van der Waals surface area contributed by atoms with Crippen molar-refractivity contribution in [2.75, 3.05) is 38.2 Å². The molecule has 1 unspecified atom stereocenters. The number of halogens is 1. The Balaban J connectivity index is 1.17. The number of hydrogen-bond donors (Lipinski definition) is 4. The molecule has 1 atom stereocenters. The Morgan fingerprint density at radius 1 is 1.08 bits per heavy atom. The number of amides is 1. The van der Waals surface area contributed by atoms with Gasteiger partial charge in [-0.25, -0.2) is 0 Å². The number of aliphatic hydroxyl groups excluding tert-OH is 2. The molecule has 0 radical (unpaired) electrons. The molecule has 2 aliphatic rings. The number of ether oxygens (including phenoxy) is 1. The van der Waals surface area contributed by atoms with Crippen molar-refractivity contribution in [1.29, 1.82) is 0 Å². The van der Waals surface area contributed by atoms with Crippen LogP contribution < -0.4 is 14.8 Å². The number of rotatable bonds is 23. The molecule has 0 bridgehead atoms. The maximum atomic E-state index is 13.1. The van der Waals surface area contributed by atoms with Crippen molar-refractivity contribution in [2.24, 2.45) is 0 Å². The zero-order valence-corrected chi connectivity index (χ0v) is 30.9. The van der Waals surface area contributed by atoms with E-state index in [2.05, 4.69) is 51.4 Å². The van der Waals surface area contributed by atoms with E-state index in [0.717, 1.165) is 89.6 Å². The highest BCUT2D eigenvalue weighted by Crippen LogP contribution is 2.50. The molecule has 1 aromatic heterocycles. The van der Waals surface area contributed by atoms with Crippen molar-refractivity contribution in [2.45, 2.75) is 93.4 Å². The smallest absolute Gasteiger partial charge is 0.251 e. The van der Waals surface area contributed by atoms with Crippen molar-refractivity contribution in [3.63, 3.8) is 0 Å². The molecule has 2 aromatic carbocycles. The lowest BCUT2D eigenvalue weighted by Crippen LogP contribution is -2.40. The topological polar surface area (TPSA) is 107 Å². The van der Waals surface area contributed by atoms with Crippen LogP contribution in [0.4, 0.5) is 0 Å². The zero-order chi connectivity index (χ0) is 34.5. The quantitative estimate of drug-likeness (QED) is 0.0459. The summed E-state index contributed by atoms with van der Waals surface area (Å²) in [6, 6.07) is 16.6. The zero-order valence-electron chi connectivity index (χ0n) is 28.5. The van der Waals surface area contributed by atoms with Gasteiger partial charge in [0.25, 0.3) is 5.91 Å². The predicted octanol–water partition coefficient (Wildman–Crippen LogP) is 7.20. The van der Waals surface area contributed by atoms with Gasteiger partial charge in [-0.3, -0.25) is 14.5 Å². The molecular formula is C38H51ClN4O4S2. The highest BCUT2D eigenvalue weighted by atomic mass is 35.5. The number of unbranched alkanes of at least 4 members (excludes halogenated alkanes) is 2. The number of nitrogens with one attached hydrogen (secondary N) is 2. The van der Waals surface area contributed by atoms with Crippen molar-refractivity contribution < 1.29 is 19.7 Å². The molecule has 0 spiro atoms. The molecule has 1 heterocycles. The van der Waals surface area contributed by atoms with Crippen LogP contribution in [0, 0.1) is 0 Å². The van der Waals surface area contributed by atoms with Crippen LogP contribution in [0.3, 0.4) is 0 Å². The van der Waals surface area contributed by atoms with Crippen LogP contribution in [0.15, 0.2) is 65.8 Å². The summed E-state index contributed by atoms with van der Waals surface area (Å²) in [6.45, 7) is 2.84. The molecule has 2 aliphatic carbocycles. The van der Waals surface area contributed by atoms with Crippen LogP contribution in [0.2, 0.25) is 5.02 Å². The lowest BCUT2D eigenvalue weighted by Gasteiger charge is -2.25. The fourth-order valence-electron chi connectivity index (χ4n) is 6.04. The minimum atomic E-state index is -1.02. The summed E-state index contributed by atoms with van der Waals surface area (Å²) in [4.78, 5) is 20.6. The normalized spacial score (nSPS) is 15.6. The first kappa shape index (κ1) is 37.9. The fraction of sp³-hybridized carbons (Fsp3) is 0.526. The summed E-state index contributed by atoms with van der Waals surface area (Å²) < 4.78 is 9.53. The Bertz CT molecular complexity index is 1490. The SMILES string of the molecule is CSNCCCCN(CCCSc1ccc(Cl)c(CNC2(c3cnccc3-c3ccccc3OC3CC3)CC2)c1)C(=O)C(O)CCCCO. The average Bonchev–Trinajstić information content (AvgIpc) is 4.07. The molecule has 4 N–H and O–H groups in total. The van der Waals surface area contributed by atoms with E-state index < -0.39 is 6.10 Å². The van der Waals surface area contributed by atoms with E-state index in [4.69, 9.17) is 21.4 Å². The van der Waals surface area contributed by atoms with Gasteiger partial charge >= 0.3 is 0 Å². The molecular weight excluding hydrogens is 676 g/mol. The standard InChI is InChI=1S/C38H51ClN4O4S2/c1-48-42-19-5-6-21-43(37(46)35(45)10-4-7-23-44)22-8-24-49-30-14-15-34(39)28(25-30)26-41-38(17-18-38)33-27-40-20-16-31(33)32-9-2-3-11-36(32)47-29-12-13-29/h2-3,9,11,14-16,20,25,27,29,35,41-42,44-45H,4-8,10,12-13,17-19,21-24,26H2,1H3.